The second kappa shape index (κ2) is 7.20. The molecular weight excluding hydrogens is 292 g/mol. The number of rotatable bonds is 6. The Balaban J connectivity index is 1.70. The zero-order valence-corrected chi connectivity index (χ0v) is 13.3. The molecule has 0 saturated carbocycles. The third kappa shape index (κ3) is 3.72. The Morgan fingerprint density at radius 2 is 1.73 bits per heavy atom. The van der Waals surface area contributed by atoms with E-state index in [9.17, 15) is 0 Å². The third-order valence-electron chi connectivity index (χ3n) is 3.27. The molecule has 0 fully saturated rings. The summed E-state index contributed by atoms with van der Waals surface area (Å²) in [5, 5.41) is 6.42. The largest absolute Gasteiger partial charge is 0.457 e. The molecule has 22 heavy (non-hydrogen) atoms. The van der Waals surface area contributed by atoms with Crippen LogP contribution in [0.4, 0.5) is 0 Å². The van der Waals surface area contributed by atoms with Crippen LogP contribution in [0.3, 0.4) is 0 Å². The van der Waals surface area contributed by atoms with Gasteiger partial charge in [-0.25, -0.2) is 4.98 Å². The smallest absolute Gasteiger partial charge is 0.127 e. The number of hydrogen-bond acceptors (Lipinski definition) is 4. The van der Waals surface area contributed by atoms with E-state index in [4.69, 9.17) is 4.74 Å². The van der Waals surface area contributed by atoms with Crippen LogP contribution in [0, 0.1) is 0 Å². The molecule has 0 saturated heterocycles. The van der Waals surface area contributed by atoms with Gasteiger partial charge < -0.3 is 10.1 Å². The van der Waals surface area contributed by atoms with Crippen LogP contribution < -0.4 is 10.1 Å². The minimum atomic E-state index is 0.834. The average molecular weight is 310 g/mol. The highest BCUT2D eigenvalue weighted by molar-refractivity contribution is 7.09. The molecule has 3 nitrogen and oxygen atoms in total. The quantitative estimate of drug-likeness (QED) is 0.734. The Bertz CT molecular complexity index is 707. The molecule has 4 heteroatoms. The number of nitrogens with zero attached hydrogens (tertiary/aromatic N) is 1. The van der Waals surface area contributed by atoms with Gasteiger partial charge in [-0.15, -0.1) is 11.3 Å². The summed E-state index contributed by atoms with van der Waals surface area (Å²) in [6.45, 7) is 0.955. The summed E-state index contributed by atoms with van der Waals surface area (Å²) in [5.74, 6) is 1.68. The topological polar surface area (TPSA) is 34.2 Å². The van der Waals surface area contributed by atoms with Gasteiger partial charge in [-0.05, 0) is 43.4 Å². The molecule has 0 aliphatic carbocycles. The fourth-order valence-electron chi connectivity index (χ4n) is 2.11. The second-order valence-corrected chi connectivity index (χ2v) is 5.86. The highest BCUT2D eigenvalue weighted by Gasteiger charge is 2.05. The molecule has 0 atom stereocenters. The van der Waals surface area contributed by atoms with Crippen molar-refractivity contribution >= 4 is 11.3 Å². The van der Waals surface area contributed by atoms with Gasteiger partial charge in [0.15, 0.2) is 0 Å². The van der Waals surface area contributed by atoms with Gasteiger partial charge in [0.1, 0.15) is 11.5 Å². The van der Waals surface area contributed by atoms with Crippen LogP contribution in [0.15, 0.2) is 60.0 Å². The van der Waals surface area contributed by atoms with Gasteiger partial charge in [-0.1, -0.05) is 18.2 Å². The maximum Gasteiger partial charge on any atom is 0.127 e. The van der Waals surface area contributed by atoms with Gasteiger partial charge in [0.05, 0.1) is 10.7 Å². The number of ether oxygens (including phenoxy) is 1. The fourth-order valence-corrected chi connectivity index (χ4v) is 2.92. The highest BCUT2D eigenvalue weighted by Crippen LogP contribution is 2.26. The molecule has 1 aromatic heterocycles. The fraction of sp³-hybridized carbons (Fsp3) is 0.167. The molecule has 1 heterocycles. The summed E-state index contributed by atoms with van der Waals surface area (Å²) >= 11 is 1.71. The van der Waals surface area contributed by atoms with Crippen LogP contribution in [0.1, 0.15) is 5.01 Å². The maximum absolute atomic E-state index is 5.80. The molecule has 0 spiro atoms. The van der Waals surface area contributed by atoms with E-state index >= 15 is 0 Å². The summed E-state index contributed by atoms with van der Waals surface area (Å²) < 4.78 is 5.80. The van der Waals surface area contributed by atoms with Crippen molar-refractivity contribution in [3.63, 3.8) is 0 Å². The third-order valence-corrected chi connectivity index (χ3v) is 4.18. The van der Waals surface area contributed by atoms with Gasteiger partial charge in [-0.2, -0.15) is 0 Å². The minimum Gasteiger partial charge on any atom is -0.457 e. The van der Waals surface area contributed by atoms with Crippen LogP contribution >= 0.6 is 11.3 Å². The number of nitrogens with one attached hydrogen (secondary N) is 1. The molecule has 3 rings (SSSR count). The standard InChI is InChI=1S/C18H18N2OS/c1-19-12-11-18-20-17(13-22-18)14-7-9-16(10-8-14)21-15-5-3-2-4-6-15/h2-10,13,19H,11-12H2,1H3. The van der Waals surface area contributed by atoms with Crippen molar-refractivity contribution < 1.29 is 4.74 Å². The van der Waals surface area contributed by atoms with Gasteiger partial charge in [0.25, 0.3) is 0 Å². The molecule has 0 aliphatic rings. The van der Waals surface area contributed by atoms with E-state index in [1.165, 1.54) is 0 Å². The van der Waals surface area contributed by atoms with Crippen molar-refractivity contribution in [2.45, 2.75) is 6.42 Å². The molecule has 2 aromatic carbocycles. The lowest BCUT2D eigenvalue weighted by atomic mass is 10.2. The maximum atomic E-state index is 5.80. The SMILES string of the molecule is CNCCc1nc(-c2ccc(Oc3ccccc3)cc2)cs1. The number of hydrogen-bond donors (Lipinski definition) is 1. The summed E-state index contributed by atoms with van der Waals surface area (Å²) in [6, 6.07) is 17.9. The van der Waals surface area contributed by atoms with Crippen LogP contribution in [0.25, 0.3) is 11.3 Å². The van der Waals surface area contributed by atoms with Crippen LogP contribution in [0.5, 0.6) is 11.5 Å². The van der Waals surface area contributed by atoms with Crippen molar-refractivity contribution in [1.82, 2.24) is 10.3 Å². The van der Waals surface area contributed by atoms with Crippen LogP contribution in [-0.4, -0.2) is 18.6 Å². The summed E-state index contributed by atoms with van der Waals surface area (Å²) in [7, 11) is 1.96. The first-order valence-corrected chi connectivity index (χ1v) is 8.15. The lowest BCUT2D eigenvalue weighted by Gasteiger charge is -2.05. The second-order valence-electron chi connectivity index (χ2n) is 4.92. The molecule has 0 amide bonds. The van der Waals surface area contributed by atoms with Gasteiger partial charge in [0, 0.05) is 23.9 Å². The number of thiazole rings is 1. The first kappa shape index (κ1) is 14.8. The van der Waals surface area contributed by atoms with Gasteiger partial charge in [-0.3, -0.25) is 0 Å². The van der Waals surface area contributed by atoms with E-state index < -0.39 is 0 Å². The Hall–Kier alpha value is -2.17. The van der Waals surface area contributed by atoms with Crippen molar-refractivity contribution in [3.8, 4) is 22.8 Å². The number of likely N-dealkylation sites (N-methyl/N-ethyl adjacent to an activating group) is 1. The Morgan fingerprint density at radius 1 is 1.00 bits per heavy atom. The Labute approximate surface area is 134 Å². The Morgan fingerprint density at radius 3 is 2.45 bits per heavy atom. The zero-order valence-electron chi connectivity index (χ0n) is 12.5. The summed E-state index contributed by atoms with van der Waals surface area (Å²) in [6.07, 6.45) is 0.969. The van der Waals surface area contributed by atoms with E-state index in [1.807, 2.05) is 49.5 Å². The number of benzene rings is 2. The van der Waals surface area contributed by atoms with E-state index in [-0.39, 0.29) is 0 Å². The molecule has 0 unspecified atom stereocenters. The van der Waals surface area contributed by atoms with E-state index in [1.54, 1.807) is 11.3 Å². The van der Waals surface area contributed by atoms with Crippen molar-refractivity contribution in [1.29, 1.82) is 0 Å². The van der Waals surface area contributed by atoms with Crippen LogP contribution in [-0.2, 0) is 6.42 Å². The first-order valence-electron chi connectivity index (χ1n) is 7.27. The zero-order chi connectivity index (χ0) is 15.2. The van der Waals surface area contributed by atoms with Crippen molar-refractivity contribution in [2.75, 3.05) is 13.6 Å². The Kier molecular flexibility index (Phi) is 4.83. The molecular formula is C18H18N2OS. The minimum absolute atomic E-state index is 0.834. The number of aromatic nitrogens is 1. The van der Waals surface area contributed by atoms with E-state index in [0.29, 0.717) is 0 Å². The summed E-state index contributed by atoms with van der Waals surface area (Å²) in [5.41, 5.74) is 2.15. The lowest BCUT2D eigenvalue weighted by molar-refractivity contribution is 0.483. The molecule has 0 radical (unpaired) electrons. The molecule has 0 bridgehead atoms. The van der Waals surface area contributed by atoms with Crippen molar-refractivity contribution in [3.05, 3.63) is 65.0 Å². The van der Waals surface area contributed by atoms with E-state index in [2.05, 4.69) is 27.8 Å². The molecule has 0 aliphatic heterocycles. The first-order chi connectivity index (χ1) is 10.8. The highest BCUT2D eigenvalue weighted by atomic mass is 32.1. The van der Waals surface area contributed by atoms with Gasteiger partial charge in [0.2, 0.25) is 0 Å². The average Bonchev–Trinajstić information content (AvgIpc) is 3.03. The number of para-hydroxylation sites is 1. The van der Waals surface area contributed by atoms with E-state index in [0.717, 1.165) is 40.7 Å². The monoisotopic (exact) mass is 310 g/mol. The van der Waals surface area contributed by atoms with Crippen molar-refractivity contribution in [2.24, 2.45) is 0 Å². The summed E-state index contributed by atoms with van der Waals surface area (Å²) in [4.78, 5) is 4.67. The lowest BCUT2D eigenvalue weighted by Crippen LogP contribution is -2.09. The molecule has 3 aromatic rings. The predicted octanol–water partition coefficient (Wildman–Crippen LogP) is 4.36. The molecule has 112 valence electrons. The predicted molar refractivity (Wildman–Crippen MR) is 91.7 cm³/mol. The van der Waals surface area contributed by atoms with Crippen LogP contribution in [0.2, 0.25) is 0 Å². The normalized spacial score (nSPS) is 10.6. The van der Waals surface area contributed by atoms with Gasteiger partial charge >= 0.3 is 0 Å². The molecule has 1 N–H and O–H groups in total.